The third kappa shape index (κ3) is 1.35. The molecule has 0 amide bonds. The van der Waals surface area contributed by atoms with Crippen molar-refractivity contribution in [1.29, 1.82) is 0 Å². The lowest BCUT2D eigenvalue weighted by Gasteiger charge is -2.61. The molecule has 0 aromatic heterocycles. The Kier molecular flexibility index (Phi) is 2.29. The topological polar surface area (TPSA) is 56.8 Å². The van der Waals surface area contributed by atoms with E-state index in [1.807, 2.05) is 13.8 Å². The van der Waals surface area contributed by atoms with Crippen molar-refractivity contribution in [2.75, 3.05) is 6.54 Å². The average Bonchev–Trinajstić information content (AvgIpc) is 1.97. The normalized spacial score (nSPS) is 40.2. The minimum absolute atomic E-state index is 0.464. The number of rotatable bonds is 5. The van der Waals surface area contributed by atoms with Gasteiger partial charge in [-0.15, -0.1) is 0 Å². The molecule has 0 radical (unpaired) electrons. The molecule has 82 valence electrons. The van der Waals surface area contributed by atoms with E-state index in [-0.39, 0.29) is 0 Å². The summed E-state index contributed by atoms with van der Waals surface area (Å²) in [7, 11) is -3.06. The van der Waals surface area contributed by atoms with Gasteiger partial charge in [0.1, 0.15) is 0 Å². The van der Waals surface area contributed by atoms with Gasteiger partial charge in [0.2, 0.25) is 0 Å². The van der Waals surface area contributed by atoms with Crippen LogP contribution in [-0.2, 0) is 18.1 Å². The Morgan fingerprint density at radius 2 is 1.93 bits per heavy atom. The van der Waals surface area contributed by atoms with Gasteiger partial charge in [0, 0.05) is 0 Å². The van der Waals surface area contributed by atoms with Crippen molar-refractivity contribution in [2.45, 2.75) is 45.1 Å². The van der Waals surface area contributed by atoms with Gasteiger partial charge < -0.3 is 5.32 Å². The largest absolute Gasteiger partial charge is 0.488 e. The van der Waals surface area contributed by atoms with Gasteiger partial charge in [0.05, 0.1) is 5.54 Å². The summed E-state index contributed by atoms with van der Waals surface area (Å²) in [6, 6.07) is 0. The Balaban J connectivity index is 1.87. The Hall–Kier alpha value is 0.0700. The molecular formula is C8H16NO4P. The summed E-state index contributed by atoms with van der Waals surface area (Å²) >= 11 is 0. The number of phosphoric ester groups is 1. The zero-order valence-corrected chi connectivity index (χ0v) is 9.60. The highest BCUT2D eigenvalue weighted by Crippen LogP contribution is 2.82. The van der Waals surface area contributed by atoms with Crippen LogP contribution in [-0.4, -0.2) is 18.1 Å². The van der Waals surface area contributed by atoms with E-state index in [2.05, 4.69) is 12.2 Å². The van der Waals surface area contributed by atoms with E-state index in [0.29, 0.717) is 0 Å². The third-order valence-electron chi connectivity index (χ3n) is 2.56. The van der Waals surface area contributed by atoms with E-state index in [9.17, 15) is 4.57 Å². The van der Waals surface area contributed by atoms with Gasteiger partial charge in [0.15, 0.2) is 0 Å². The molecule has 0 aromatic rings. The fourth-order valence-electron chi connectivity index (χ4n) is 1.49. The van der Waals surface area contributed by atoms with Crippen LogP contribution in [0.15, 0.2) is 0 Å². The standard InChI is InChI=1S/C8H16NO4P/c1-4-5-6-9-7(2,3)8-11-14(10,12-8)13-8/h9H,4-6H2,1-3H3. The van der Waals surface area contributed by atoms with Crippen LogP contribution in [0.1, 0.15) is 33.6 Å². The van der Waals surface area contributed by atoms with Gasteiger partial charge in [-0.25, -0.2) is 18.1 Å². The molecule has 0 aromatic carbocycles. The van der Waals surface area contributed by atoms with Crippen LogP contribution < -0.4 is 5.32 Å². The van der Waals surface area contributed by atoms with Gasteiger partial charge >= 0.3 is 13.8 Å². The van der Waals surface area contributed by atoms with E-state index in [0.717, 1.165) is 19.4 Å². The van der Waals surface area contributed by atoms with Crippen LogP contribution in [0.4, 0.5) is 0 Å². The van der Waals surface area contributed by atoms with Gasteiger partial charge in [-0.05, 0) is 26.8 Å². The second-order valence-corrected chi connectivity index (χ2v) is 5.62. The van der Waals surface area contributed by atoms with Crippen LogP contribution >= 0.6 is 7.82 Å². The summed E-state index contributed by atoms with van der Waals surface area (Å²) in [4.78, 5) is 0. The molecule has 3 rings (SSSR count). The molecule has 3 aliphatic rings. The number of phosphoric acid groups is 1. The zero-order valence-electron chi connectivity index (χ0n) is 8.70. The smallest absolute Gasteiger partial charge is 0.305 e. The first kappa shape index (κ1) is 10.6. The molecule has 14 heavy (non-hydrogen) atoms. The number of hydrogen-bond donors (Lipinski definition) is 1. The molecule has 3 aliphatic heterocycles. The maximum Gasteiger partial charge on any atom is 0.488 e. The number of unbranched alkanes of at least 4 members (excludes halogenated alkanes) is 1. The minimum atomic E-state index is -3.06. The van der Waals surface area contributed by atoms with Crippen LogP contribution in [0, 0.1) is 0 Å². The zero-order chi connectivity index (χ0) is 10.4. The monoisotopic (exact) mass is 221 g/mol. The highest BCUT2D eigenvalue weighted by molar-refractivity contribution is 7.51. The second kappa shape index (κ2) is 3.03. The van der Waals surface area contributed by atoms with E-state index in [4.69, 9.17) is 13.6 Å². The van der Waals surface area contributed by atoms with Gasteiger partial charge in [0.25, 0.3) is 0 Å². The lowest BCUT2D eigenvalue weighted by Crippen LogP contribution is -2.73. The fourth-order valence-corrected chi connectivity index (χ4v) is 3.10. The molecule has 6 heteroatoms. The van der Waals surface area contributed by atoms with E-state index >= 15 is 0 Å². The van der Waals surface area contributed by atoms with Crippen LogP contribution in [0.25, 0.3) is 0 Å². The van der Waals surface area contributed by atoms with Crippen molar-refractivity contribution in [2.24, 2.45) is 0 Å². The summed E-state index contributed by atoms with van der Waals surface area (Å²) in [6.45, 7) is 6.81. The molecule has 3 heterocycles. The number of hydrogen-bond acceptors (Lipinski definition) is 5. The fraction of sp³-hybridized carbons (Fsp3) is 1.00. The molecular weight excluding hydrogens is 205 g/mol. The Bertz CT molecular complexity index is 265. The first-order valence-corrected chi connectivity index (χ1v) is 6.36. The predicted molar refractivity (Wildman–Crippen MR) is 50.6 cm³/mol. The lowest BCUT2D eigenvalue weighted by atomic mass is 10.0. The Labute approximate surface area is 83.7 Å². The lowest BCUT2D eigenvalue weighted by molar-refractivity contribution is -0.455. The Morgan fingerprint density at radius 1 is 1.36 bits per heavy atom. The van der Waals surface area contributed by atoms with Crippen molar-refractivity contribution in [1.82, 2.24) is 5.32 Å². The highest BCUT2D eigenvalue weighted by Gasteiger charge is 2.80. The predicted octanol–water partition coefficient (Wildman–Crippen LogP) is 1.99. The molecule has 5 nitrogen and oxygen atoms in total. The highest BCUT2D eigenvalue weighted by atomic mass is 31.2. The molecule has 0 unspecified atom stereocenters. The quantitative estimate of drug-likeness (QED) is 0.568. The van der Waals surface area contributed by atoms with Gasteiger partial charge in [-0.2, -0.15) is 0 Å². The molecule has 0 aliphatic carbocycles. The molecule has 3 saturated heterocycles. The molecule has 2 bridgehead atoms. The van der Waals surface area contributed by atoms with Gasteiger partial charge in [-0.1, -0.05) is 13.3 Å². The van der Waals surface area contributed by atoms with E-state index in [1.54, 1.807) is 0 Å². The van der Waals surface area contributed by atoms with E-state index < -0.39 is 19.3 Å². The summed E-state index contributed by atoms with van der Waals surface area (Å²) in [5, 5.41) is 3.26. The average molecular weight is 221 g/mol. The first-order valence-electron chi connectivity index (χ1n) is 4.90. The van der Waals surface area contributed by atoms with Crippen LogP contribution in [0.5, 0.6) is 0 Å². The van der Waals surface area contributed by atoms with Crippen molar-refractivity contribution < 1.29 is 18.1 Å². The number of nitrogens with one attached hydrogen (secondary N) is 1. The summed E-state index contributed by atoms with van der Waals surface area (Å²) in [5.74, 6) is -1.10. The van der Waals surface area contributed by atoms with Crippen molar-refractivity contribution in [3.63, 3.8) is 0 Å². The molecule has 0 spiro atoms. The molecule has 1 N–H and O–H groups in total. The third-order valence-corrected chi connectivity index (χ3v) is 3.95. The summed E-state index contributed by atoms with van der Waals surface area (Å²) < 4.78 is 26.2. The SMILES string of the molecule is CCCCNC(C)(C)C12OP(=O)(O1)O2. The summed E-state index contributed by atoms with van der Waals surface area (Å²) in [5.41, 5.74) is -0.464. The van der Waals surface area contributed by atoms with Crippen molar-refractivity contribution >= 4 is 7.82 Å². The summed E-state index contributed by atoms with van der Waals surface area (Å²) in [6.07, 6.45) is 2.20. The first-order chi connectivity index (χ1) is 6.43. The minimum Gasteiger partial charge on any atom is -0.305 e. The van der Waals surface area contributed by atoms with Crippen LogP contribution in [0.3, 0.4) is 0 Å². The van der Waals surface area contributed by atoms with Crippen molar-refractivity contribution in [3.05, 3.63) is 0 Å². The molecule has 0 atom stereocenters. The Morgan fingerprint density at radius 3 is 2.36 bits per heavy atom. The van der Waals surface area contributed by atoms with E-state index in [1.165, 1.54) is 0 Å². The van der Waals surface area contributed by atoms with Crippen molar-refractivity contribution in [3.8, 4) is 0 Å². The van der Waals surface area contributed by atoms with Crippen LogP contribution in [0.2, 0.25) is 0 Å². The maximum atomic E-state index is 11.0. The second-order valence-electron chi connectivity index (χ2n) is 4.18. The van der Waals surface area contributed by atoms with Gasteiger partial charge in [-0.3, -0.25) is 0 Å². The molecule has 3 fully saturated rings. The maximum absolute atomic E-state index is 11.0. The molecule has 0 saturated carbocycles.